The molecule has 2 atom stereocenters. The van der Waals surface area contributed by atoms with Crippen LogP contribution in [0.5, 0.6) is 0 Å². The van der Waals surface area contributed by atoms with Gasteiger partial charge in [-0.2, -0.15) is 0 Å². The van der Waals surface area contributed by atoms with E-state index in [1.165, 1.54) is 11.3 Å². The van der Waals surface area contributed by atoms with E-state index in [0.717, 1.165) is 22.2 Å². The number of rotatable bonds is 2. The summed E-state index contributed by atoms with van der Waals surface area (Å²) in [6, 6.07) is 1.78. The van der Waals surface area contributed by atoms with Gasteiger partial charge in [0.15, 0.2) is 0 Å². The van der Waals surface area contributed by atoms with E-state index in [1.807, 2.05) is 13.0 Å². The van der Waals surface area contributed by atoms with Crippen LogP contribution in [0.15, 0.2) is 12.3 Å². The Hall–Kier alpha value is -1.66. The maximum absolute atomic E-state index is 12.8. The lowest BCUT2D eigenvalue weighted by Gasteiger charge is -2.24. The molecule has 1 saturated heterocycles. The Bertz CT molecular complexity index is 698. The van der Waals surface area contributed by atoms with Gasteiger partial charge in [-0.25, -0.2) is 4.98 Å². The van der Waals surface area contributed by atoms with Crippen molar-refractivity contribution in [2.75, 3.05) is 18.9 Å². The quantitative estimate of drug-likeness (QED) is 0.889. The van der Waals surface area contributed by atoms with Crippen molar-refractivity contribution in [2.24, 2.45) is 5.92 Å². The topological polar surface area (TPSA) is 79.5 Å². The zero-order valence-electron chi connectivity index (χ0n) is 12.2. The number of hydrogen-bond acceptors (Lipinski definition) is 5. The number of carbonyl (C=O) groups excluding carboxylic acids is 1. The molecule has 1 fully saturated rings. The largest absolute Gasteiger partial charge is 0.397 e. The van der Waals surface area contributed by atoms with Gasteiger partial charge in [0.05, 0.1) is 18.3 Å². The molecular formula is C15H19N3O2S. The molecule has 3 N–H and O–H groups in total. The molecule has 2 unspecified atom stereocenters. The summed E-state index contributed by atoms with van der Waals surface area (Å²) < 4.78 is 0. The maximum atomic E-state index is 12.8. The number of carbonyl (C=O) groups is 1. The van der Waals surface area contributed by atoms with Gasteiger partial charge in [0.1, 0.15) is 9.71 Å². The van der Waals surface area contributed by atoms with E-state index in [-0.39, 0.29) is 18.6 Å². The number of aromatic nitrogens is 1. The predicted octanol–water partition coefficient (Wildman–Crippen LogP) is 2.03. The highest BCUT2D eigenvalue weighted by atomic mass is 32.1. The molecule has 0 radical (unpaired) electrons. The Morgan fingerprint density at radius 3 is 3.05 bits per heavy atom. The Morgan fingerprint density at radius 2 is 2.38 bits per heavy atom. The normalized spacial score (nSPS) is 22.1. The van der Waals surface area contributed by atoms with E-state index < -0.39 is 0 Å². The molecule has 1 aliphatic rings. The van der Waals surface area contributed by atoms with Gasteiger partial charge in [-0.15, -0.1) is 11.3 Å². The highest BCUT2D eigenvalue weighted by Crippen LogP contribution is 2.36. The summed E-state index contributed by atoms with van der Waals surface area (Å²) >= 11 is 1.34. The Labute approximate surface area is 127 Å². The average Bonchev–Trinajstić information content (AvgIpc) is 3.00. The Kier molecular flexibility index (Phi) is 3.59. The molecule has 21 heavy (non-hydrogen) atoms. The molecule has 0 spiro atoms. The van der Waals surface area contributed by atoms with Crippen LogP contribution in [-0.2, 0) is 0 Å². The number of likely N-dealkylation sites (tertiary alicyclic amines) is 1. The van der Waals surface area contributed by atoms with Crippen LogP contribution in [0.2, 0.25) is 0 Å². The Morgan fingerprint density at radius 1 is 1.62 bits per heavy atom. The molecule has 0 aliphatic carbocycles. The molecular weight excluding hydrogens is 286 g/mol. The second-order valence-corrected chi connectivity index (χ2v) is 6.67. The smallest absolute Gasteiger partial charge is 0.266 e. The van der Waals surface area contributed by atoms with Crippen molar-refractivity contribution in [2.45, 2.75) is 26.3 Å². The first-order chi connectivity index (χ1) is 10.0. The fourth-order valence-corrected chi connectivity index (χ4v) is 4.13. The van der Waals surface area contributed by atoms with Crippen molar-refractivity contribution in [3.63, 3.8) is 0 Å². The number of thiophene rings is 1. The number of aliphatic hydroxyl groups is 1. The molecule has 2 aromatic rings. The van der Waals surface area contributed by atoms with Crippen LogP contribution in [-0.4, -0.2) is 40.1 Å². The number of nitrogen functional groups attached to an aromatic ring is 1. The third-order valence-corrected chi connectivity index (χ3v) is 5.46. The second kappa shape index (κ2) is 5.27. The first-order valence-corrected chi connectivity index (χ1v) is 7.91. The highest BCUT2D eigenvalue weighted by Gasteiger charge is 2.36. The molecule has 3 heterocycles. The number of aliphatic hydroxyl groups excluding tert-OH is 1. The molecule has 112 valence electrons. The summed E-state index contributed by atoms with van der Waals surface area (Å²) in [5.74, 6) is 0.229. The molecule has 0 saturated carbocycles. The van der Waals surface area contributed by atoms with Crippen molar-refractivity contribution >= 4 is 33.1 Å². The van der Waals surface area contributed by atoms with E-state index in [9.17, 15) is 9.90 Å². The Balaban J connectivity index is 2.03. The molecule has 1 aliphatic heterocycles. The van der Waals surface area contributed by atoms with Gasteiger partial charge < -0.3 is 15.7 Å². The SMILES string of the molecule is Cc1ccnc2sc(C(=O)N3CCC(C)C3CO)c(N)c12. The standard InChI is InChI=1S/C15H19N3O2S/c1-8-4-6-18(10(8)7-19)15(20)13-12(16)11-9(2)3-5-17-14(11)21-13/h3,5,8,10,19H,4,6-7,16H2,1-2H3. The van der Waals surface area contributed by atoms with Gasteiger partial charge in [0.25, 0.3) is 5.91 Å². The van der Waals surface area contributed by atoms with Crippen LogP contribution < -0.4 is 5.73 Å². The zero-order valence-corrected chi connectivity index (χ0v) is 13.0. The lowest BCUT2D eigenvalue weighted by Crippen LogP contribution is -2.39. The molecule has 0 aromatic carbocycles. The number of nitrogens with two attached hydrogens (primary N) is 1. The van der Waals surface area contributed by atoms with Gasteiger partial charge in [-0.05, 0) is 30.9 Å². The van der Waals surface area contributed by atoms with E-state index in [0.29, 0.717) is 23.0 Å². The van der Waals surface area contributed by atoms with Gasteiger partial charge in [0.2, 0.25) is 0 Å². The molecule has 3 rings (SSSR count). The summed E-state index contributed by atoms with van der Waals surface area (Å²) in [4.78, 5) is 20.2. The molecule has 2 aromatic heterocycles. The van der Waals surface area contributed by atoms with Gasteiger partial charge in [-0.3, -0.25) is 4.79 Å². The lowest BCUT2D eigenvalue weighted by molar-refractivity contribution is 0.0654. The van der Waals surface area contributed by atoms with Crippen LogP contribution in [0.25, 0.3) is 10.2 Å². The van der Waals surface area contributed by atoms with Crippen molar-refractivity contribution in [3.05, 3.63) is 22.7 Å². The fourth-order valence-electron chi connectivity index (χ4n) is 3.03. The number of nitrogens with zero attached hydrogens (tertiary/aromatic N) is 2. The first kappa shape index (κ1) is 14.3. The van der Waals surface area contributed by atoms with Gasteiger partial charge in [-0.1, -0.05) is 6.92 Å². The fraction of sp³-hybridized carbons (Fsp3) is 0.467. The minimum absolute atomic E-state index is 0.00498. The number of pyridine rings is 1. The van der Waals surface area contributed by atoms with Crippen molar-refractivity contribution in [1.29, 1.82) is 0 Å². The second-order valence-electron chi connectivity index (χ2n) is 5.67. The minimum atomic E-state index is -0.115. The minimum Gasteiger partial charge on any atom is -0.397 e. The third kappa shape index (κ3) is 2.18. The van der Waals surface area contributed by atoms with Crippen LogP contribution in [0.1, 0.15) is 28.6 Å². The first-order valence-electron chi connectivity index (χ1n) is 7.10. The van der Waals surface area contributed by atoms with E-state index in [4.69, 9.17) is 5.73 Å². The van der Waals surface area contributed by atoms with E-state index in [1.54, 1.807) is 11.1 Å². The molecule has 6 heteroatoms. The summed E-state index contributed by atoms with van der Waals surface area (Å²) in [6.07, 6.45) is 2.65. The molecule has 1 amide bonds. The lowest BCUT2D eigenvalue weighted by atomic mass is 10.0. The number of aryl methyl sites for hydroxylation is 1. The average molecular weight is 305 g/mol. The van der Waals surface area contributed by atoms with Crippen LogP contribution in [0.4, 0.5) is 5.69 Å². The van der Waals surface area contributed by atoms with Gasteiger partial charge >= 0.3 is 0 Å². The molecule has 0 bridgehead atoms. The van der Waals surface area contributed by atoms with Crippen LogP contribution in [0.3, 0.4) is 0 Å². The van der Waals surface area contributed by atoms with Gasteiger partial charge in [0, 0.05) is 18.1 Å². The summed E-state index contributed by atoms with van der Waals surface area (Å²) in [5.41, 5.74) is 7.73. The zero-order chi connectivity index (χ0) is 15.1. The van der Waals surface area contributed by atoms with Crippen LogP contribution >= 0.6 is 11.3 Å². The predicted molar refractivity (Wildman–Crippen MR) is 84.5 cm³/mol. The number of amides is 1. The maximum Gasteiger partial charge on any atom is 0.266 e. The molecule has 5 nitrogen and oxygen atoms in total. The van der Waals surface area contributed by atoms with Crippen molar-refractivity contribution < 1.29 is 9.90 Å². The van der Waals surface area contributed by atoms with E-state index in [2.05, 4.69) is 11.9 Å². The summed E-state index contributed by atoms with van der Waals surface area (Å²) in [6.45, 7) is 4.70. The summed E-state index contributed by atoms with van der Waals surface area (Å²) in [5, 5.41) is 10.4. The van der Waals surface area contributed by atoms with Crippen molar-refractivity contribution in [1.82, 2.24) is 9.88 Å². The number of hydrogen-bond donors (Lipinski definition) is 2. The van der Waals surface area contributed by atoms with Crippen LogP contribution in [0, 0.1) is 12.8 Å². The van der Waals surface area contributed by atoms with E-state index >= 15 is 0 Å². The summed E-state index contributed by atoms with van der Waals surface area (Å²) in [7, 11) is 0. The highest BCUT2D eigenvalue weighted by molar-refractivity contribution is 7.21. The third-order valence-electron chi connectivity index (χ3n) is 4.36. The number of fused-ring (bicyclic) bond motifs is 1. The van der Waals surface area contributed by atoms with Crippen molar-refractivity contribution in [3.8, 4) is 0 Å². The number of anilines is 1. The monoisotopic (exact) mass is 305 g/mol.